The van der Waals surface area contributed by atoms with E-state index in [1.165, 1.54) is 6.07 Å². The molecule has 0 bridgehead atoms. The van der Waals surface area contributed by atoms with Gasteiger partial charge >= 0.3 is 5.97 Å². The summed E-state index contributed by atoms with van der Waals surface area (Å²) in [6, 6.07) is 4.41. The molecule has 0 spiro atoms. The van der Waals surface area contributed by atoms with Crippen LogP contribution in [-0.2, 0) is 12.8 Å². The Labute approximate surface area is 138 Å². The van der Waals surface area contributed by atoms with E-state index in [9.17, 15) is 9.18 Å². The highest BCUT2D eigenvalue weighted by molar-refractivity contribution is 6.30. The van der Waals surface area contributed by atoms with Crippen LogP contribution >= 0.6 is 11.6 Å². The number of ether oxygens (including phenoxy) is 1. The first-order chi connectivity index (χ1) is 11.0. The highest BCUT2D eigenvalue weighted by Crippen LogP contribution is 2.26. The molecule has 0 atom stereocenters. The minimum atomic E-state index is -1.23. The number of aromatic nitrogens is 2. The van der Waals surface area contributed by atoms with Gasteiger partial charge in [0.2, 0.25) is 11.7 Å². The van der Waals surface area contributed by atoms with Gasteiger partial charge in [0.15, 0.2) is 0 Å². The van der Waals surface area contributed by atoms with Crippen LogP contribution in [0.5, 0.6) is 5.88 Å². The predicted octanol–water partition coefficient (Wildman–Crippen LogP) is 3.52. The Hall–Kier alpha value is -2.21. The number of nitrogens with zero attached hydrogens (tertiary/aromatic N) is 2. The normalized spacial score (nSPS) is 10.6. The fourth-order valence-corrected chi connectivity index (χ4v) is 2.34. The summed E-state index contributed by atoms with van der Waals surface area (Å²) in [5, 5.41) is 9.41. The molecule has 0 aliphatic heterocycles. The molecule has 0 radical (unpaired) electrons. The predicted molar refractivity (Wildman–Crippen MR) is 83.8 cm³/mol. The van der Waals surface area contributed by atoms with Crippen molar-refractivity contribution in [3.63, 3.8) is 0 Å². The summed E-state index contributed by atoms with van der Waals surface area (Å²) < 4.78 is 19.5. The summed E-state index contributed by atoms with van der Waals surface area (Å²) in [4.78, 5) is 19.1. The number of carboxylic acid groups (broad SMARTS) is 1. The van der Waals surface area contributed by atoms with Crippen LogP contribution in [0, 0.1) is 5.82 Å². The Morgan fingerprint density at radius 3 is 2.65 bits per heavy atom. The number of carboxylic acids is 1. The van der Waals surface area contributed by atoms with Gasteiger partial charge in [-0.05, 0) is 31.0 Å². The maximum absolute atomic E-state index is 14.0. The van der Waals surface area contributed by atoms with Crippen molar-refractivity contribution < 1.29 is 19.0 Å². The first kappa shape index (κ1) is 17.1. The van der Waals surface area contributed by atoms with Crippen LogP contribution in [0.25, 0.3) is 0 Å². The molecular weight excluding hydrogens is 323 g/mol. The van der Waals surface area contributed by atoms with E-state index in [0.717, 1.165) is 0 Å². The number of hydrogen-bond donors (Lipinski definition) is 1. The van der Waals surface area contributed by atoms with Gasteiger partial charge in [0.1, 0.15) is 5.82 Å². The van der Waals surface area contributed by atoms with E-state index < -0.39 is 11.8 Å². The molecular formula is C16H16ClFN2O3. The van der Waals surface area contributed by atoms with Gasteiger partial charge in [-0.1, -0.05) is 24.6 Å². The number of rotatable bonds is 6. The van der Waals surface area contributed by atoms with Crippen LogP contribution in [-0.4, -0.2) is 27.7 Å². The largest absolute Gasteiger partial charge is 0.478 e. The van der Waals surface area contributed by atoms with Gasteiger partial charge in [-0.25, -0.2) is 14.2 Å². The average Bonchev–Trinajstić information content (AvgIpc) is 2.51. The fraction of sp³-hybridized carbons (Fsp3) is 0.312. The number of aryl methyl sites for hydroxylation is 1. The molecule has 1 N–H and O–H groups in total. The molecule has 2 aromatic rings. The van der Waals surface area contributed by atoms with Crippen LogP contribution in [0.15, 0.2) is 18.2 Å². The van der Waals surface area contributed by atoms with Crippen LogP contribution in [0.3, 0.4) is 0 Å². The van der Waals surface area contributed by atoms with Crippen molar-refractivity contribution >= 4 is 17.6 Å². The highest BCUT2D eigenvalue weighted by Gasteiger charge is 2.19. The van der Waals surface area contributed by atoms with Crippen LogP contribution in [0.4, 0.5) is 4.39 Å². The van der Waals surface area contributed by atoms with E-state index in [-0.39, 0.29) is 18.1 Å². The van der Waals surface area contributed by atoms with E-state index in [4.69, 9.17) is 21.4 Å². The Morgan fingerprint density at radius 2 is 2.09 bits per heavy atom. The maximum atomic E-state index is 14.0. The third-order valence-electron chi connectivity index (χ3n) is 3.24. The lowest BCUT2D eigenvalue weighted by molar-refractivity contribution is 0.0681. The second-order valence-corrected chi connectivity index (χ2v) is 5.22. The van der Waals surface area contributed by atoms with E-state index >= 15 is 0 Å². The van der Waals surface area contributed by atoms with E-state index in [1.54, 1.807) is 19.1 Å². The smallest absolute Gasteiger partial charge is 0.374 e. The molecule has 1 aromatic heterocycles. The summed E-state index contributed by atoms with van der Waals surface area (Å²) in [7, 11) is 0. The standard InChI is InChI=1S/C16H16ClFN2O3/c1-3-13-11(7-9-5-6-10(17)8-12(9)18)15(23-4-2)20-14(19-13)16(21)22/h5-6,8H,3-4,7H2,1-2H3,(H,21,22). The number of carbonyl (C=O) groups is 1. The number of aromatic carboxylic acids is 1. The minimum Gasteiger partial charge on any atom is -0.478 e. The van der Waals surface area contributed by atoms with Gasteiger partial charge in [-0.3, -0.25) is 0 Å². The molecule has 122 valence electrons. The molecule has 2 rings (SSSR count). The molecule has 1 heterocycles. The Morgan fingerprint density at radius 1 is 1.35 bits per heavy atom. The van der Waals surface area contributed by atoms with Crippen molar-refractivity contribution in [2.75, 3.05) is 6.61 Å². The second kappa shape index (κ2) is 7.37. The van der Waals surface area contributed by atoms with Gasteiger partial charge in [-0.2, -0.15) is 4.98 Å². The lowest BCUT2D eigenvalue weighted by atomic mass is 10.0. The average molecular weight is 339 g/mol. The molecule has 0 fully saturated rings. The fourth-order valence-electron chi connectivity index (χ4n) is 2.18. The zero-order valence-corrected chi connectivity index (χ0v) is 13.5. The first-order valence-corrected chi connectivity index (χ1v) is 7.53. The third-order valence-corrected chi connectivity index (χ3v) is 3.48. The number of hydrogen-bond acceptors (Lipinski definition) is 4. The van der Waals surface area contributed by atoms with Crippen molar-refractivity contribution in [2.45, 2.75) is 26.7 Å². The molecule has 0 unspecified atom stereocenters. The van der Waals surface area contributed by atoms with Crippen molar-refractivity contribution in [2.24, 2.45) is 0 Å². The lowest BCUT2D eigenvalue weighted by Gasteiger charge is -2.14. The molecule has 0 saturated carbocycles. The molecule has 0 saturated heterocycles. The topological polar surface area (TPSA) is 72.3 Å². The van der Waals surface area contributed by atoms with Crippen molar-refractivity contribution in [1.29, 1.82) is 0 Å². The van der Waals surface area contributed by atoms with Crippen LogP contribution in [0.2, 0.25) is 5.02 Å². The monoisotopic (exact) mass is 338 g/mol. The second-order valence-electron chi connectivity index (χ2n) is 4.78. The summed E-state index contributed by atoms with van der Waals surface area (Å²) in [6.07, 6.45) is 0.675. The number of benzene rings is 1. The summed E-state index contributed by atoms with van der Waals surface area (Å²) in [5.74, 6) is -1.83. The zero-order chi connectivity index (χ0) is 17.0. The van der Waals surface area contributed by atoms with Gasteiger partial charge in [0, 0.05) is 17.0 Å². The molecule has 0 aliphatic rings. The van der Waals surface area contributed by atoms with Gasteiger partial charge in [0.05, 0.1) is 12.3 Å². The van der Waals surface area contributed by atoms with Gasteiger partial charge in [0.25, 0.3) is 0 Å². The maximum Gasteiger partial charge on any atom is 0.374 e. The van der Waals surface area contributed by atoms with Gasteiger partial charge in [-0.15, -0.1) is 0 Å². The number of halogens is 2. The summed E-state index contributed by atoms with van der Waals surface area (Å²) in [6.45, 7) is 3.92. The molecule has 0 aliphatic carbocycles. The quantitative estimate of drug-likeness (QED) is 0.872. The van der Waals surface area contributed by atoms with Crippen LogP contribution in [0.1, 0.15) is 41.3 Å². The summed E-state index contributed by atoms with van der Waals surface area (Å²) in [5.41, 5.74) is 1.52. The first-order valence-electron chi connectivity index (χ1n) is 7.16. The molecule has 5 nitrogen and oxygen atoms in total. The van der Waals surface area contributed by atoms with E-state index in [2.05, 4.69) is 9.97 Å². The Balaban J connectivity index is 2.52. The Kier molecular flexibility index (Phi) is 5.50. The SMILES string of the molecule is CCOc1nc(C(=O)O)nc(CC)c1Cc1ccc(Cl)cc1F. The molecule has 7 heteroatoms. The van der Waals surface area contributed by atoms with Gasteiger partial charge < -0.3 is 9.84 Å². The lowest BCUT2D eigenvalue weighted by Crippen LogP contribution is -2.13. The van der Waals surface area contributed by atoms with E-state index in [1.807, 2.05) is 6.92 Å². The summed E-state index contributed by atoms with van der Waals surface area (Å²) >= 11 is 5.76. The zero-order valence-electron chi connectivity index (χ0n) is 12.8. The van der Waals surface area contributed by atoms with Crippen LogP contribution < -0.4 is 4.74 Å². The van der Waals surface area contributed by atoms with E-state index in [0.29, 0.717) is 34.9 Å². The molecule has 23 heavy (non-hydrogen) atoms. The minimum absolute atomic E-state index is 0.172. The van der Waals surface area contributed by atoms with Crippen molar-refractivity contribution in [1.82, 2.24) is 9.97 Å². The Bertz CT molecular complexity index is 738. The highest BCUT2D eigenvalue weighted by atomic mass is 35.5. The van der Waals surface area contributed by atoms with Crippen molar-refractivity contribution in [3.05, 3.63) is 51.7 Å². The third kappa shape index (κ3) is 3.96. The molecule has 0 amide bonds. The molecule has 1 aromatic carbocycles. The van der Waals surface area contributed by atoms with Crippen molar-refractivity contribution in [3.8, 4) is 5.88 Å².